The Morgan fingerprint density at radius 2 is 1.84 bits per heavy atom. The average Bonchev–Trinajstić information content (AvgIpc) is 2.43. The maximum atomic E-state index is 12.1. The number of rotatable bonds is 7. The number of amides is 1. The van der Waals surface area contributed by atoms with Crippen LogP contribution >= 0.6 is 0 Å². The van der Waals surface area contributed by atoms with Gasteiger partial charge in [-0.25, -0.2) is 0 Å². The van der Waals surface area contributed by atoms with Gasteiger partial charge in [0.25, 0.3) is 0 Å². The zero-order chi connectivity index (χ0) is 14.3. The molecule has 0 heterocycles. The van der Waals surface area contributed by atoms with Crippen molar-refractivity contribution in [2.24, 2.45) is 0 Å². The largest absolute Gasteiger partial charge is 0.497 e. The first-order chi connectivity index (χ1) is 9.08. The average molecular weight is 263 g/mol. The van der Waals surface area contributed by atoms with Crippen molar-refractivity contribution in [3.63, 3.8) is 0 Å². The Morgan fingerprint density at radius 3 is 2.32 bits per heavy atom. The molecule has 0 bridgehead atoms. The summed E-state index contributed by atoms with van der Waals surface area (Å²) in [7, 11) is 1.58. The molecule has 0 aliphatic rings. The van der Waals surface area contributed by atoms with Gasteiger partial charge in [0.05, 0.1) is 13.7 Å². The minimum absolute atomic E-state index is 0.0473. The van der Waals surface area contributed by atoms with Gasteiger partial charge in [0.15, 0.2) is 5.78 Å². The first-order valence-electron chi connectivity index (χ1n) is 6.51. The Morgan fingerprint density at radius 1 is 1.21 bits per heavy atom. The quantitative estimate of drug-likeness (QED) is 0.710. The molecule has 104 valence electrons. The number of benzene rings is 1. The van der Waals surface area contributed by atoms with Gasteiger partial charge in [-0.1, -0.05) is 13.3 Å². The van der Waals surface area contributed by atoms with Crippen molar-refractivity contribution in [1.29, 1.82) is 0 Å². The summed E-state index contributed by atoms with van der Waals surface area (Å²) in [5.74, 6) is 0.607. The van der Waals surface area contributed by atoms with Crippen LogP contribution in [0.5, 0.6) is 5.75 Å². The third kappa shape index (κ3) is 4.73. The normalized spacial score (nSPS) is 10.1. The molecular weight excluding hydrogens is 242 g/mol. The molecule has 1 aromatic rings. The number of unbranched alkanes of at least 4 members (excludes halogenated alkanes) is 1. The second-order valence-electron chi connectivity index (χ2n) is 4.45. The standard InChI is InChI=1S/C15H21NO3/c1-4-5-10-16(12(2)17)11-15(18)13-6-8-14(19-3)9-7-13/h6-9H,4-5,10-11H2,1-3H3. The van der Waals surface area contributed by atoms with Gasteiger partial charge in [0.2, 0.25) is 5.91 Å². The summed E-state index contributed by atoms with van der Waals surface area (Å²) in [5, 5.41) is 0. The van der Waals surface area contributed by atoms with E-state index in [0.717, 1.165) is 12.8 Å². The zero-order valence-corrected chi connectivity index (χ0v) is 11.8. The fourth-order valence-corrected chi connectivity index (χ4v) is 1.74. The third-order valence-electron chi connectivity index (χ3n) is 2.97. The van der Waals surface area contributed by atoms with Crippen LogP contribution < -0.4 is 4.74 Å². The fraction of sp³-hybridized carbons (Fsp3) is 0.467. The van der Waals surface area contributed by atoms with E-state index < -0.39 is 0 Å². The lowest BCUT2D eigenvalue weighted by Crippen LogP contribution is -2.34. The first kappa shape index (κ1) is 15.2. The summed E-state index contributed by atoms with van der Waals surface area (Å²) < 4.78 is 5.05. The Labute approximate surface area is 114 Å². The molecule has 1 rings (SSSR count). The second-order valence-corrected chi connectivity index (χ2v) is 4.45. The molecule has 0 N–H and O–H groups in total. The molecular formula is C15H21NO3. The van der Waals surface area contributed by atoms with E-state index in [4.69, 9.17) is 4.74 Å². The number of methoxy groups -OCH3 is 1. The third-order valence-corrected chi connectivity index (χ3v) is 2.97. The Kier molecular flexibility index (Phi) is 6.06. The molecule has 0 saturated carbocycles. The monoisotopic (exact) mass is 263 g/mol. The second kappa shape index (κ2) is 7.56. The molecule has 4 heteroatoms. The predicted molar refractivity (Wildman–Crippen MR) is 74.5 cm³/mol. The Balaban J connectivity index is 2.67. The van der Waals surface area contributed by atoms with E-state index in [1.165, 1.54) is 6.92 Å². The number of carbonyl (C=O) groups excluding carboxylic acids is 2. The highest BCUT2D eigenvalue weighted by Gasteiger charge is 2.14. The summed E-state index contributed by atoms with van der Waals surface area (Å²) in [4.78, 5) is 25.2. The number of hydrogen-bond acceptors (Lipinski definition) is 3. The minimum Gasteiger partial charge on any atom is -0.497 e. The van der Waals surface area contributed by atoms with Crippen molar-refractivity contribution in [2.75, 3.05) is 20.2 Å². The van der Waals surface area contributed by atoms with Crippen LogP contribution in [0.3, 0.4) is 0 Å². The van der Waals surface area contributed by atoms with Gasteiger partial charge in [-0.3, -0.25) is 9.59 Å². The van der Waals surface area contributed by atoms with Crippen LogP contribution in [0.15, 0.2) is 24.3 Å². The lowest BCUT2D eigenvalue weighted by Gasteiger charge is -2.19. The molecule has 1 aromatic carbocycles. The predicted octanol–water partition coefficient (Wildman–Crippen LogP) is 2.53. The van der Waals surface area contributed by atoms with Crippen molar-refractivity contribution >= 4 is 11.7 Å². The molecule has 0 aliphatic carbocycles. The smallest absolute Gasteiger partial charge is 0.219 e. The lowest BCUT2D eigenvalue weighted by atomic mass is 10.1. The highest BCUT2D eigenvalue weighted by molar-refractivity contribution is 5.99. The van der Waals surface area contributed by atoms with Crippen LogP contribution in [0.2, 0.25) is 0 Å². The van der Waals surface area contributed by atoms with Gasteiger partial charge < -0.3 is 9.64 Å². The van der Waals surface area contributed by atoms with Crippen molar-refractivity contribution in [2.45, 2.75) is 26.7 Å². The van der Waals surface area contributed by atoms with Crippen molar-refractivity contribution in [1.82, 2.24) is 4.90 Å². The maximum absolute atomic E-state index is 12.1. The Bertz CT molecular complexity index is 426. The van der Waals surface area contributed by atoms with E-state index in [-0.39, 0.29) is 18.2 Å². The maximum Gasteiger partial charge on any atom is 0.219 e. The van der Waals surface area contributed by atoms with Gasteiger partial charge in [-0.15, -0.1) is 0 Å². The fourth-order valence-electron chi connectivity index (χ4n) is 1.74. The molecule has 1 amide bonds. The number of Topliss-reactive ketones (excluding diaryl/α,β-unsaturated/α-hetero) is 1. The van der Waals surface area contributed by atoms with Crippen LogP contribution in [0.4, 0.5) is 0 Å². The van der Waals surface area contributed by atoms with Crippen LogP contribution in [0.1, 0.15) is 37.0 Å². The number of ether oxygens (including phenoxy) is 1. The van der Waals surface area contributed by atoms with Gasteiger partial charge in [0, 0.05) is 19.0 Å². The number of hydrogen-bond donors (Lipinski definition) is 0. The lowest BCUT2D eigenvalue weighted by molar-refractivity contribution is -0.128. The van der Waals surface area contributed by atoms with E-state index in [1.54, 1.807) is 36.3 Å². The molecule has 0 fully saturated rings. The summed E-state index contributed by atoms with van der Waals surface area (Å²) in [5.41, 5.74) is 0.601. The minimum atomic E-state index is -0.0599. The van der Waals surface area contributed by atoms with Crippen LogP contribution in [-0.4, -0.2) is 36.8 Å². The van der Waals surface area contributed by atoms with E-state index in [2.05, 4.69) is 6.92 Å². The van der Waals surface area contributed by atoms with Crippen LogP contribution in [-0.2, 0) is 4.79 Å². The molecule has 0 aromatic heterocycles. The molecule has 0 radical (unpaired) electrons. The molecule has 0 spiro atoms. The van der Waals surface area contributed by atoms with Crippen molar-refractivity contribution in [3.8, 4) is 5.75 Å². The summed E-state index contributed by atoms with van der Waals surface area (Å²) in [6.45, 7) is 4.33. The first-order valence-corrected chi connectivity index (χ1v) is 6.51. The van der Waals surface area contributed by atoms with Gasteiger partial charge >= 0.3 is 0 Å². The topological polar surface area (TPSA) is 46.6 Å². The summed E-state index contributed by atoms with van der Waals surface area (Å²) in [6.07, 6.45) is 1.91. The number of carbonyl (C=O) groups is 2. The molecule has 4 nitrogen and oxygen atoms in total. The van der Waals surface area contributed by atoms with E-state index in [0.29, 0.717) is 17.9 Å². The molecule has 0 aliphatic heterocycles. The summed E-state index contributed by atoms with van der Waals surface area (Å²) in [6, 6.07) is 6.94. The molecule has 19 heavy (non-hydrogen) atoms. The molecule has 0 saturated heterocycles. The number of ketones is 1. The van der Waals surface area contributed by atoms with Crippen LogP contribution in [0, 0.1) is 0 Å². The van der Waals surface area contributed by atoms with Crippen LogP contribution in [0.25, 0.3) is 0 Å². The zero-order valence-electron chi connectivity index (χ0n) is 11.8. The number of nitrogens with zero attached hydrogens (tertiary/aromatic N) is 1. The van der Waals surface area contributed by atoms with Gasteiger partial charge in [-0.05, 0) is 30.7 Å². The highest BCUT2D eigenvalue weighted by Crippen LogP contribution is 2.12. The van der Waals surface area contributed by atoms with E-state index in [1.807, 2.05) is 0 Å². The van der Waals surface area contributed by atoms with Gasteiger partial charge in [-0.2, -0.15) is 0 Å². The van der Waals surface area contributed by atoms with Crippen molar-refractivity contribution < 1.29 is 14.3 Å². The molecule has 0 unspecified atom stereocenters. The highest BCUT2D eigenvalue weighted by atomic mass is 16.5. The molecule has 0 atom stereocenters. The Hall–Kier alpha value is -1.84. The summed E-state index contributed by atoms with van der Waals surface area (Å²) >= 11 is 0. The SMILES string of the molecule is CCCCN(CC(=O)c1ccc(OC)cc1)C(C)=O. The van der Waals surface area contributed by atoms with E-state index >= 15 is 0 Å². The van der Waals surface area contributed by atoms with Crippen molar-refractivity contribution in [3.05, 3.63) is 29.8 Å². The van der Waals surface area contributed by atoms with Gasteiger partial charge in [0.1, 0.15) is 5.75 Å². The van der Waals surface area contributed by atoms with E-state index in [9.17, 15) is 9.59 Å².